The summed E-state index contributed by atoms with van der Waals surface area (Å²) in [6, 6.07) is 12.0. The van der Waals surface area contributed by atoms with E-state index in [0.29, 0.717) is 17.9 Å². The van der Waals surface area contributed by atoms with Crippen molar-refractivity contribution in [2.45, 2.75) is 12.6 Å². The van der Waals surface area contributed by atoms with Crippen molar-refractivity contribution in [3.8, 4) is 11.3 Å². The minimum atomic E-state index is -0.293. The first-order chi connectivity index (χ1) is 12.2. The van der Waals surface area contributed by atoms with Gasteiger partial charge in [0.1, 0.15) is 17.7 Å². The second-order valence-corrected chi connectivity index (χ2v) is 6.91. The van der Waals surface area contributed by atoms with E-state index in [-0.39, 0.29) is 17.9 Å². The van der Waals surface area contributed by atoms with Crippen molar-refractivity contribution in [3.05, 3.63) is 64.2 Å². The summed E-state index contributed by atoms with van der Waals surface area (Å²) < 4.78 is 14.8. The van der Waals surface area contributed by atoms with Gasteiger partial charge in [-0.3, -0.25) is 10.1 Å². The molecular formula is C18H17FN4OS. The van der Waals surface area contributed by atoms with Crippen molar-refractivity contribution in [1.29, 1.82) is 0 Å². The van der Waals surface area contributed by atoms with Gasteiger partial charge >= 0.3 is 0 Å². The SMILES string of the molecule is O=C1NCC(NCCc2cccs2)n2nc(-c3ccc(F)cc3)cc21. The third-order valence-corrected chi connectivity index (χ3v) is 5.13. The van der Waals surface area contributed by atoms with Gasteiger partial charge in [0, 0.05) is 17.0 Å². The monoisotopic (exact) mass is 356 g/mol. The zero-order valence-corrected chi connectivity index (χ0v) is 14.2. The van der Waals surface area contributed by atoms with Gasteiger partial charge in [0.05, 0.1) is 12.2 Å². The Morgan fingerprint density at radius 1 is 1.32 bits per heavy atom. The molecule has 0 aliphatic carbocycles. The van der Waals surface area contributed by atoms with Gasteiger partial charge in [0.25, 0.3) is 5.91 Å². The number of nitrogens with zero attached hydrogens (tertiary/aromatic N) is 2. The lowest BCUT2D eigenvalue weighted by Crippen LogP contribution is -2.45. The first kappa shape index (κ1) is 16.0. The number of thiophene rings is 1. The van der Waals surface area contributed by atoms with E-state index in [9.17, 15) is 9.18 Å². The highest BCUT2D eigenvalue weighted by atomic mass is 32.1. The highest BCUT2D eigenvalue weighted by Gasteiger charge is 2.27. The van der Waals surface area contributed by atoms with Crippen molar-refractivity contribution >= 4 is 17.2 Å². The van der Waals surface area contributed by atoms with E-state index in [1.165, 1.54) is 17.0 Å². The van der Waals surface area contributed by atoms with E-state index < -0.39 is 0 Å². The smallest absolute Gasteiger partial charge is 0.269 e. The normalized spacial score (nSPS) is 16.5. The summed E-state index contributed by atoms with van der Waals surface area (Å²) >= 11 is 1.74. The van der Waals surface area contributed by atoms with E-state index in [0.717, 1.165) is 18.5 Å². The highest BCUT2D eigenvalue weighted by molar-refractivity contribution is 7.09. The molecule has 2 N–H and O–H groups in total. The van der Waals surface area contributed by atoms with Crippen molar-refractivity contribution in [3.63, 3.8) is 0 Å². The Balaban J connectivity index is 1.53. The van der Waals surface area contributed by atoms with Gasteiger partial charge in [-0.15, -0.1) is 11.3 Å². The first-order valence-corrected chi connectivity index (χ1v) is 8.98. The average molecular weight is 356 g/mol. The van der Waals surface area contributed by atoms with Crippen LogP contribution in [0.5, 0.6) is 0 Å². The lowest BCUT2D eigenvalue weighted by atomic mass is 10.1. The van der Waals surface area contributed by atoms with Gasteiger partial charge < -0.3 is 5.32 Å². The van der Waals surface area contributed by atoms with Crippen LogP contribution in [-0.4, -0.2) is 28.8 Å². The van der Waals surface area contributed by atoms with E-state index in [1.54, 1.807) is 34.2 Å². The Bertz CT molecular complexity index is 873. The fourth-order valence-electron chi connectivity index (χ4n) is 2.91. The van der Waals surface area contributed by atoms with E-state index >= 15 is 0 Å². The Kier molecular flexibility index (Phi) is 4.33. The fourth-order valence-corrected chi connectivity index (χ4v) is 3.61. The summed E-state index contributed by atoms with van der Waals surface area (Å²) in [5.41, 5.74) is 1.96. The maximum Gasteiger partial charge on any atom is 0.269 e. The molecule has 1 amide bonds. The van der Waals surface area contributed by atoms with Crippen molar-refractivity contribution in [1.82, 2.24) is 20.4 Å². The third kappa shape index (κ3) is 3.33. The maximum absolute atomic E-state index is 13.1. The molecule has 4 rings (SSSR count). The number of carbonyl (C=O) groups excluding carboxylic acids is 1. The van der Waals surface area contributed by atoms with Crippen molar-refractivity contribution < 1.29 is 9.18 Å². The topological polar surface area (TPSA) is 59.0 Å². The Morgan fingerprint density at radius 3 is 2.92 bits per heavy atom. The molecule has 128 valence electrons. The molecule has 0 radical (unpaired) electrons. The number of hydrogen-bond acceptors (Lipinski definition) is 4. The molecule has 0 spiro atoms. The van der Waals surface area contributed by atoms with Crippen molar-refractivity contribution in [2.75, 3.05) is 13.1 Å². The average Bonchev–Trinajstić information content (AvgIpc) is 3.28. The van der Waals surface area contributed by atoms with Gasteiger partial charge in [-0.25, -0.2) is 9.07 Å². The van der Waals surface area contributed by atoms with E-state index in [2.05, 4.69) is 27.2 Å². The molecule has 7 heteroatoms. The summed E-state index contributed by atoms with van der Waals surface area (Å²) in [5.74, 6) is -0.434. The van der Waals surface area contributed by atoms with E-state index in [1.807, 2.05) is 6.07 Å². The predicted molar refractivity (Wildman–Crippen MR) is 95.0 cm³/mol. The Morgan fingerprint density at radius 2 is 2.16 bits per heavy atom. The molecular weight excluding hydrogens is 339 g/mol. The van der Waals surface area contributed by atoms with Crippen LogP contribution < -0.4 is 10.6 Å². The molecule has 0 fully saturated rings. The van der Waals surface area contributed by atoms with Gasteiger partial charge in [-0.05, 0) is 48.2 Å². The number of fused-ring (bicyclic) bond motifs is 1. The van der Waals surface area contributed by atoms with Gasteiger partial charge in [-0.2, -0.15) is 5.10 Å². The number of amides is 1. The number of carbonyl (C=O) groups is 1. The fraction of sp³-hybridized carbons (Fsp3) is 0.222. The van der Waals surface area contributed by atoms with Crippen LogP contribution >= 0.6 is 11.3 Å². The summed E-state index contributed by atoms with van der Waals surface area (Å²) in [6.07, 6.45) is 0.839. The van der Waals surface area contributed by atoms with Crippen LogP contribution in [-0.2, 0) is 6.42 Å². The molecule has 1 aliphatic rings. The molecule has 25 heavy (non-hydrogen) atoms. The first-order valence-electron chi connectivity index (χ1n) is 8.10. The number of benzene rings is 1. The van der Waals surface area contributed by atoms with Crippen LogP contribution in [0.3, 0.4) is 0 Å². The quantitative estimate of drug-likeness (QED) is 0.739. The van der Waals surface area contributed by atoms with Crippen LogP contribution in [0.15, 0.2) is 47.8 Å². The number of halogens is 1. The lowest BCUT2D eigenvalue weighted by molar-refractivity contribution is 0.0901. The second kappa shape index (κ2) is 6.78. The highest BCUT2D eigenvalue weighted by Crippen LogP contribution is 2.23. The van der Waals surface area contributed by atoms with Crippen LogP contribution in [0, 0.1) is 5.82 Å². The molecule has 3 heterocycles. The summed E-state index contributed by atoms with van der Waals surface area (Å²) in [4.78, 5) is 13.5. The molecule has 1 unspecified atom stereocenters. The van der Waals surface area contributed by atoms with Crippen molar-refractivity contribution in [2.24, 2.45) is 0 Å². The number of hydrogen-bond donors (Lipinski definition) is 2. The molecule has 1 atom stereocenters. The van der Waals surface area contributed by atoms with Gasteiger partial charge in [-0.1, -0.05) is 6.07 Å². The van der Waals surface area contributed by atoms with E-state index in [4.69, 9.17) is 0 Å². The number of rotatable bonds is 5. The largest absolute Gasteiger partial charge is 0.347 e. The van der Waals surface area contributed by atoms with Crippen LogP contribution in [0.1, 0.15) is 21.5 Å². The minimum absolute atomic E-state index is 0.0955. The second-order valence-electron chi connectivity index (χ2n) is 5.88. The Hall–Kier alpha value is -2.51. The standard InChI is InChI=1S/C18H17FN4OS/c19-13-5-3-12(4-6-13)15-10-16-18(24)21-11-17(23(16)22-15)20-8-7-14-2-1-9-25-14/h1-6,9-10,17,20H,7-8,11H2,(H,21,24). The Labute approximate surface area is 148 Å². The molecule has 1 aromatic carbocycles. The molecule has 3 aromatic rings. The third-order valence-electron chi connectivity index (χ3n) is 4.19. The molecule has 0 bridgehead atoms. The zero-order valence-electron chi connectivity index (χ0n) is 13.4. The summed E-state index contributed by atoms with van der Waals surface area (Å²) in [6.45, 7) is 1.28. The summed E-state index contributed by atoms with van der Waals surface area (Å²) in [5, 5.41) is 13.0. The minimum Gasteiger partial charge on any atom is -0.347 e. The molecule has 0 saturated carbocycles. The molecule has 5 nitrogen and oxygen atoms in total. The molecule has 1 aliphatic heterocycles. The number of nitrogens with one attached hydrogen (secondary N) is 2. The lowest BCUT2D eigenvalue weighted by Gasteiger charge is -2.25. The predicted octanol–water partition coefficient (Wildman–Crippen LogP) is 2.83. The number of aromatic nitrogens is 2. The van der Waals surface area contributed by atoms with Gasteiger partial charge in [0.2, 0.25) is 0 Å². The molecule has 0 saturated heterocycles. The maximum atomic E-state index is 13.1. The molecule has 2 aromatic heterocycles. The van der Waals surface area contributed by atoms with Crippen LogP contribution in [0.2, 0.25) is 0 Å². The van der Waals surface area contributed by atoms with Gasteiger partial charge in [0.15, 0.2) is 0 Å². The zero-order chi connectivity index (χ0) is 17.2. The summed E-state index contributed by atoms with van der Waals surface area (Å²) in [7, 11) is 0. The van der Waals surface area contributed by atoms with Crippen LogP contribution in [0.25, 0.3) is 11.3 Å². The van der Waals surface area contributed by atoms with Crippen LogP contribution in [0.4, 0.5) is 4.39 Å².